The summed E-state index contributed by atoms with van der Waals surface area (Å²) in [6, 6.07) is 5.79. The highest BCUT2D eigenvalue weighted by Gasteiger charge is 2.19. The molecule has 1 unspecified atom stereocenters. The predicted molar refractivity (Wildman–Crippen MR) is 101 cm³/mol. The lowest BCUT2D eigenvalue weighted by molar-refractivity contribution is -0.384. The van der Waals surface area contributed by atoms with Gasteiger partial charge in [0, 0.05) is 31.8 Å². The first kappa shape index (κ1) is 20.0. The maximum Gasteiger partial charge on any atom is 0.269 e. The van der Waals surface area contributed by atoms with Crippen molar-refractivity contribution in [1.82, 2.24) is 10.2 Å². The van der Waals surface area contributed by atoms with Crippen LogP contribution >= 0.6 is 0 Å². The normalized spacial score (nSPS) is 17.0. The minimum absolute atomic E-state index is 0.00799. The van der Waals surface area contributed by atoms with Gasteiger partial charge in [-0.05, 0) is 37.8 Å². The summed E-state index contributed by atoms with van der Waals surface area (Å²) in [6.07, 6.45) is 1.55. The molecule has 1 atom stereocenters. The third-order valence-electron chi connectivity index (χ3n) is 4.36. The third-order valence-corrected chi connectivity index (χ3v) is 4.36. The molecule has 0 aliphatic carbocycles. The molecule has 1 fully saturated rings. The molecule has 2 rings (SSSR count). The molecule has 1 aliphatic heterocycles. The van der Waals surface area contributed by atoms with Gasteiger partial charge in [-0.25, -0.2) is 0 Å². The van der Waals surface area contributed by atoms with Crippen molar-refractivity contribution in [3.63, 3.8) is 0 Å². The van der Waals surface area contributed by atoms with Crippen LogP contribution < -0.4 is 10.1 Å². The largest absolute Gasteiger partial charge is 0.491 e. The Morgan fingerprint density at radius 1 is 1.42 bits per heavy atom. The first-order valence-electron chi connectivity index (χ1n) is 9.08. The SMILES string of the molecule is CCNC(=NCC(O)COc1ccc([N+](=O)[O-])cc1)N1CCC(C)CC1. The van der Waals surface area contributed by atoms with Gasteiger partial charge in [0.1, 0.15) is 18.5 Å². The van der Waals surface area contributed by atoms with Crippen LogP contribution in [0.1, 0.15) is 26.7 Å². The number of hydrogen-bond donors (Lipinski definition) is 2. The number of nitrogens with one attached hydrogen (secondary N) is 1. The molecule has 1 aliphatic rings. The minimum Gasteiger partial charge on any atom is -0.491 e. The number of likely N-dealkylation sites (tertiary alicyclic amines) is 1. The molecule has 8 nitrogen and oxygen atoms in total. The molecule has 0 aromatic heterocycles. The summed E-state index contributed by atoms with van der Waals surface area (Å²) in [6.45, 7) is 7.33. The number of aliphatic hydroxyl groups is 1. The number of nitrogens with zero attached hydrogens (tertiary/aromatic N) is 3. The van der Waals surface area contributed by atoms with E-state index >= 15 is 0 Å². The summed E-state index contributed by atoms with van der Waals surface area (Å²) in [7, 11) is 0. The van der Waals surface area contributed by atoms with Crippen LogP contribution in [0.15, 0.2) is 29.3 Å². The molecule has 1 aromatic carbocycles. The van der Waals surface area contributed by atoms with E-state index in [1.165, 1.54) is 24.3 Å². The summed E-state index contributed by atoms with van der Waals surface area (Å²) < 4.78 is 5.48. The first-order valence-corrected chi connectivity index (χ1v) is 9.08. The fourth-order valence-electron chi connectivity index (χ4n) is 2.75. The number of nitro groups is 1. The van der Waals surface area contributed by atoms with Crippen molar-refractivity contribution in [3.05, 3.63) is 34.4 Å². The lowest BCUT2D eigenvalue weighted by atomic mass is 10.00. The highest BCUT2D eigenvalue weighted by atomic mass is 16.6. The first-order chi connectivity index (χ1) is 12.5. The van der Waals surface area contributed by atoms with Crippen LogP contribution in [0.2, 0.25) is 0 Å². The zero-order valence-corrected chi connectivity index (χ0v) is 15.4. The Kier molecular flexibility index (Phi) is 7.65. The molecule has 2 N–H and O–H groups in total. The van der Waals surface area contributed by atoms with Crippen molar-refractivity contribution in [1.29, 1.82) is 0 Å². The summed E-state index contributed by atoms with van der Waals surface area (Å²) in [5.41, 5.74) is 0.00799. The van der Waals surface area contributed by atoms with E-state index in [-0.39, 0.29) is 18.8 Å². The van der Waals surface area contributed by atoms with Gasteiger partial charge in [-0.1, -0.05) is 6.92 Å². The fraction of sp³-hybridized carbons (Fsp3) is 0.611. The van der Waals surface area contributed by atoms with Crippen LogP contribution in [0, 0.1) is 16.0 Å². The molecule has 0 radical (unpaired) electrons. The highest BCUT2D eigenvalue weighted by molar-refractivity contribution is 5.80. The number of guanidine groups is 1. The molecule has 1 saturated heterocycles. The van der Waals surface area contributed by atoms with Crippen LogP contribution in [-0.4, -0.2) is 59.8 Å². The number of rotatable bonds is 7. The summed E-state index contributed by atoms with van der Waals surface area (Å²) in [5, 5.41) is 24.0. The molecule has 0 saturated carbocycles. The van der Waals surface area contributed by atoms with Gasteiger partial charge < -0.3 is 20.1 Å². The molecule has 144 valence electrons. The van der Waals surface area contributed by atoms with E-state index in [0.29, 0.717) is 5.75 Å². The van der Waals surface area contributed by atoms with Gasteiger partial charge in [0.15, 0.2) is 5.96 Å². The second-order valence-corrected chi connectivity index (χ2v) is 6.58. The van der Waals surface area contributed by atoms with Gasteiger partial charge >= 0.3 is 0 Å². The molecule has 0 amide bonds. The maximum atomic E-state index is 10.6. The van der Waals surface area contributed by atoms with Crippen LogP contribution in [0.4, 0.5) is 5.69 Å². The van der Waals surface area contributed by atoms with Crippen molar-refractivity contribution >= 4 is 11.6 Å². The van der Waals surface area contributed by atoms with E-state index in [2.05, 4.69) is 22.1 Å². The van der Waals surface area contributed by atoms with E-state index in [1.54, 1.807) is 0 Å². The Bertz CT molecular complexity index is 598. The number of aliphatic imine (C=N–C) groups is 1. The number of ether oxygens (including phenoxy) is 1. The monoisotopic (exact) mass is 364 g/mol. The number of benzene rings is 1. The number of piperidine rings is 1. The number of aliphatic hydroxyl groups excluding tert-OH is 1. The number of hydrogen-bond acceptors (Lipinski definition) is 5. The number of non-ortho nitro benzene ring substituents is 1. The average molecular weight is 364 g/mol. The van der Waals surface area contributed by atoms with Gasteiger partial charge in [-0.3, -0.25) is 15.1 Å². The van der Waals surface area contributed by atoms with Gasteiger partial charge in [-0.2, -0.15) is 0 Å². The van der Waals surface area contributed by atoms with Crippen molar-refractivity contribution < 1.29 is 14.8 Å². The van der Waals surface area contributed by atoms with E-state index in [0.717, 1.165) is 44.4 Å². The Hall–Kier alpha value is -2.35. The van der Waals surface area contributed by atoms with Crippen LogP contribution in [-0.2, 0) is 0 Å². The van der Waals surface area contributed by atoms with E-state index in [1.807, 2.05) is 6.92 Å². The Morgan fingerprint density at radius 3 is 2.65 bits per heavy atom. The Labute approximate surface area is 154 Å². The van der Waals surface area contributed by atoms with E-state index in [4.69, 9.17) is 4.74 Å². The van der Waals surface area contributed by atoms with Gasteiger partial charge in [0.25, 0.3) is 5.69 Å². The zero-order chi connectivity index (χ0) is 18.9. The third kappa shape index (κ3) is 6.18. The fourth-order valence-corrected chi connectivity index (χ4v) is 2.75. The van der Waals surface area contributed by atoms with Crippen LogP contribution in [0.3, 0.4) is 0 Å². The molecule has 1 aromatic rings. The lowest BCUT2D eigenvalue weighted by Gasteiger charge is -2.33. The second-order valence-electron chi connectivity index (χ2n) is 6.58. The minimum atomic E-state index is -0.748. The number of nitro benzene ring substituents is 1. The van der Waals surface area contributed by atoms with Crippen molar-refractivity contribution in [2.24, 2.45) is 10.9 Å². The lowest BCUT2D eigenvalue weighted by Crippen LogP contribution is -2.45. The van der Waals surface area contributed by atoms with Crippen molar-refractivity contribution in [2.45, 2.75) is 32.8 Å². The smallest absolute Gasteiger partial charge is 0.269 e. The predicted octanol–water partition coefficient (Wildman–Crippen LogP) is 2.03. The van der Waals surface area contributed by atoms with Crippen LogP contribution in [0.5, 0.6) is 5.75 Å². The van der Waals surface area contributed by atoms with Gasteiger partial charge in [0.05, 0.1) is 11.5 Å². The topological polar surface area (TPSA) is 100 Å². The summed E-state index contributed by atoms with van der Waals surface area (Å²) in [4.78, 5) is 16.9. The van der Waals surface area contributed by atoms with Gasteiger partial charge in [0.2, 0.25) is 0 Å². The highest BCUT2D eigenvalue weighted by Crippen LogP contribution is 2.18. The van der Waals surface area contributed by atoms with Crippen LogP contribution in [0.25, 0.3) is 0 Å². The molecular weight excluding hydrogens is 336 g/mol. The Balaban J connectivity index is 1.83. The molecule has 0 spiro atoms. The van der Waals surface area contributed by atoms with Crippen molar-refractivity contribution in [3.8, 4) is 5.75 Å². The van der Waals surface area contributed by atoms with E-state index < -0.39 is 11.0 Å². The standard InChI is InChI=1S/C18H28N4O4/c1-3-19-18(21-10-8-14(2)9-11-21)20-12-16(23)13-26-17-6-4-15(5-7-17)22(24)25/h4-7,14,16,23H,3,8-13H2,1-2H3,(H,19,20). The summed E-state index contributed by atoms with van der Waals surface area (Å²) in [5.74, 6) is 2.05. The summed E-state index contributed by atoms with van der Waals surface area (Å²) >= 11 is 0. The molecule has 8 heteroatoms. The average Bonchev–Trinajstić information content (AvgIpc) is 2.64. The molecular formula is C18H28N4O4. The van der Waals surface area contributed by atoms with Crippen molar-refractivity contribution in [2.75, 3.05) is 32.8 Å². The molecule has 26 heavy (non-hydrogen) atoms. The van der Waals surface area contributed by atoms with E-state index in [9.17, 15) is 15.2 Å². The quantitative estimate of drug-likeness (QED) is 0.332. The molecule has 1 heterocycles. The maximum absolute atomic E-state index is 10.6. The molecule has 0 bridgehead atoms. The zero-order valence-electron chi connectivity index (χ0n) is 15.4. The Morgan fingerprint density at radius 2 is 2.08 bits per heavy atom. The second kappa shape index (κ2) is 9.96. The van der Waals surface area contributed by atoms with Gasteiger partial charge in [-0.15, -0.1) is 0 Å².